The third kappa shape index (κ3) is 2.91. The van der Waals surface area contributed by atoms with Crippen LogP contribution in [0.1, 0.15) is 15.9 Å². The molecule has 0 aliphatic carbocycles. The molecule has 4 nitrogen and oxygen atoms in total. The summed E-state index contributed by atoms with van der Waals surface area (Å²) in [6.45, 7) is 0.496. The number of nitrogens with two attached hydrogens (primary N) is 1. The lowest BCUT2D eigenvalue weighted by Crippen LogP contribution is -2.13. The lowest BCUT2D eigenvalue weighted by Gasteiger charge is -2.12. The Hall–Kier alpha value is -3.24. The minimum absolute atomic E-state index is 0.385. The minimum Gasteiger partial charge on any atom is -0.423 e. The molecule has 0 aliphatic heterocycles. The Morgan fingerprint density at radius 2 is 1.42 bits per heavy atom. The van der Waals surface area contributed by atoms with Crippen molar-refractivity contribution in [3.8, 4) is 5.75 Å². The molecule has 2 N–H and O–H groups in total. The molecular formula is C22H18N2O2. The number of ether oxygens (including phenoxy) is 1. The van der Waals surface area contributed by atoms with Gasteiger partial charge in [-0.2, -0.15) is 0 Å². The lowest BCUT2D eigenvalue weighted by atomic mass is 10.0. The second-order valence-electron chi connectivity index (χ2n) is 6.06. The van der Waals surface area contributed by atoms with E-state index < -0.39 is 0 Å². The number of fused-ring (bicyclic) bond motifs is 2. The van der Waals surface area contributed by atoms with Gasteiger partial charge >= 0.3 is 5.97 Å². The molecule has 4 heteroatoms. The second kappa shape index (κ2) is 6.94. The summed E-state index contributed by atoms with van der Waals surface area (Å²) >= 11 is 0. The fourth-order valence-electron chi connectivity index (χ4n) is 3.18. The molecule has 128 valence electrons. The molecule has 1 heterocycles. The number of esters is 1. The Morgan fingerprint density at radius 3 is 2.08 bits per heavy atom. The largest absolute Gasteiger partial charge is 0.423 e. The monoisotopic (exact) mass is 342 g/mol. The molecule has 0 saturated heterocycles. The number of nitrogens with zero attached hydrogens (tertiary/aromatic N) is 1. The van der Waals surface area contributed by atoms with Crippen LogP contribution in [0.15, 0.2) is 72.8 Å². The first-order valence-electron chi connectivity index (χ1n) is 8.55. The van der Waals surface area contributed by atoms with Crippen LogP contribution in [-0.4, -0.2) is 17.5 Å². The van der Waals surface area contributed by atoms with E-state index in [2.05, 4.69) is 4.98 Å². The van der Waals surface area contributed by atoms with Crippen molar-refractivity contribution in [1.29, 1.82) is 0 Å². The van der Waals surface area contributed by atoms with Crippen molar-refractivity contribution in [3.63, 3.8) is 0 Å². The Labute approximate surface area is 151 Å². The van der Waals surface area contributed by atoms with Crippen molar-refractivity contribution < 1.29 is 9.53 Å². The molecule has 1 aromatic heterocycles. The van der Waals surface area contributed by atoms with Crippen molar-refractivity contribution in [1.82, 2.24) is 4.98 Å². The number of hydrogen-bond acceptors (Lipinski definition) is 4. The summed E-state index contributed by atoms with van der Waals surface area (Å²) < 4.78 is 5.78. The molecule has 0 spiro atoms. The van der Waals surface area contributed by atoms with Gasteiger partial charge in [-0.05, 0) is 36.7 Å². The average Bonchev–Trinajstić information content (AvgIpc) is 2.67. The van der Waals surface area contributed by atoms with Gasteiger partial charge < -0.3 is 10.5 Å². The molecule has 0 saturated carbocycles. The molecular weight excluding hydrogens is 324 g/mol. The summed E-state index contributed by atoms with van der Waals surface area (Å²) in [5.74, 6) is 0.164. The predicted octanol–water partition coefficient (Wildman–Crippen LogP) is 4.11. The maximum atomic E-state index is 13.1. The van der Waals surface area contributed by atoms with Crippen LogP contribution in [0.4, 0.5) is 0 Å². The quantitative estimate of drug-likeness (QED) is 0.344. The van der Waals surface area contributed by atoms with E-state index in [0.29, 0.717) is 24.3 Å². The van der Waals surface area contributed by atoms with Gasteiger partial charge in [0.1, 0.15) is 5.75 Å². The highest BCUT2D eigenvalue weighted by Gasteiger charge is 2.18. The molecule has 3 aromatic carbocycles. The number of carbonyl (C=O) groups is 1. The zero-order chi connectivity index (χ0) is 17.9. The van der Waals surface area contributed by atoms with Crippen LogP contribution >= 0.6 is 0 Å². The third-order valence-corrected chi connectivity index (χ3v) is 4.38. The summed E-state index contributed by atoms with van der Waals surface area (Å²) in [4.78, 5) is 17.8. The maximum Gasteiger partial charge on any atom is 0.344 e. The standard InChI is InChI=1S/C22H18N2O2/c23-14-13-15-7-1-6-12-20(15)26-22(25)21-16-8-2-4-10-18(16)24-19-11-5-3-9-17(19)21/h1-12H,13-14,23H2. The van der Waals surface area contributed by atoms with Crippen LogP contribution < -0.4 is 10.5 Å². The number of para-hydroxylation sites is 3. The number of pyridine rings is 1. The SMILES string of the molecule is NCCc1ccccc1OC(=O)c1c2ccccc2nc2ccccc12. The predicted molar refractivity (Wildman–Crippen MR) is 103 cm³/mol. The van der Waals surface area contributed by atoms with Crippen molar-refractivity contribution in [2.75, 3.05) is 6.54 Å². The molecule has 0 bridgehead atoms. The Balaban J connectivity index is 1.86. The van der Waals surface area contributed by atoms with E-state index in [4.69, 9.17) is 10.5 Å². The van der Waals surface area contributed by atoms with Gasteiger partial charge in [-0.3, -0.25) is 0 Å². The van der Waals surface area contributed by atoms with Crippen LogP contribution in [0.5, 0.6) is 5.75 Å². The number of benzene rings is 3. The number of aromatic nitrogens is 1. The Kier molecular flexibility index (Phi) is 4.33. The van der Waals surface area contributed by atoms with E-state index in [1.807, 2.05) is 66.7 Å². The van der Waals surface area contributed by atoms with E-state index in [1.54, 1.807) is 6.07 Å². The van der Waals surface area contributed by atoms with Gasteiger partial charge in [0.2, 0.25) is 0 Å². The first kappa shape index (κ1) is 16.2. The topological polar surface area (TPSA) is 65.2 Å². The molecule has 4 aromatic rings. The normalized spacial score (nSPS) is 11.0. The van der Waals surface area contributed by atoms with Crippen LogP contribution in [0.2, 0.25) is 0 Å². The molecule has 26 heavy (non-hydrogen) atoms. The minimum atomic E-state index is -0.385. The van der Waals surface area contributed by atoms with Crippen LogP contribution in [0.3, 0.4) is 0 Å². The summed E-state index contributed by atoms with van der Waals surface area (Å²) in [7, 11) is 0. The van der Waals surface area contributed by atoms with Crippen LogP contribution in [0, 0.1) is 0 Å². The highest BCUT2D eigenvalue weighted by molar-refractivity contribution is 6.14. The van der Waals surface area contributed by atoms with Crippen molar-refractivity contribution >= 4 is 27.8 Å². The fraction of sp³-hybridized carbons (Fsp3) is 0.0909. The van der Waals surface area contributed by atoms with Crippen LogP contribution in [-0.2, 0) is 6.42 Å². The molecule has 4 rings (SSSR count). The number of rotatable bonds is 4. The zero-order valence-electron chi connectivity index (χ0n) is 14.2. The lowest BCUT2D eigenvalue weighted by molar-refractivity contribution is 0.0737. The van der Waals surface area contributed by atoms with E-state index in [0.717, 1.165) is 27.4 Å². The Bertz CT molecular complexity index is 1050. The number of hydrogen-bond donors (Lipinski definition) is 1. The highest BCUT2D eigenvalue weighted by atomic mass is 16.5. The van der Waals surface area contributed by atoms with E-state index in [9.17, 15) is 4.79 Å². The summed E-state index contributed by atoms with van der Waals surface area (Å²) in [6, 6.07) is 22.7. The summed E-state index contributed by atoms with van der Waals surface area (Å²) in [5, 5.41) is 1.57. The van der Waals surface area contributed by atoms with E-state index in [1.165, 1.54) is 0 Å². The van der Waals surface area contributed by atoms with Gasteiger partial charge in [-0.1, -0.05) is 54.6 Å². The smallest absolute Gasteiger partial charge is 0.344 e. The Morgan fingerprint density at radius 1 is 0.846 bits per heavy atom. The van der Waals surface area contributed by atoms with Gasteiger partial charge in [-0.15, -0.1) is 0 Å². The maximum absolute atomic E-state index is 13.1. The first-order valence-corrected chi connectivity index (χ1v) is 8.55. The summed E-state index contributed by atoms with van der Waals surface area (Å²) in [6.07, 6.45) is 0.654. The highest BCUT2D eigenvalue weighted by Crippen LogP contribution is 2.28. The van der Waals surface area contributed by atoms with Crippen molar-refractivity contribution in [2.24, 2.45) is 5.73 Å². The van der Waals surface area contributed by atoms with E-state index >= 15 is 0 Å². The van der Waals surface area contributed by atoms with Gasteiger partial charge in [-0.25, -0.2) is 9.78 Å². The zero-order valence-corrected chi connectivity index (χ0v) is 14.2. The molecule has 0 aliphatic rings. The molecule has 0 amide bonds. The van der Waals surface area contributed by atoms with Crippen molar-refractivity contribution in [2.45, 2.75) is 6.42 Å². The average molecular weight is 342 g/mol. The number of carbonyl (C=O) groups excluding carboxylic acids is 1. The molecule has 0 fully saturated rings. The molecule has 0 unspecified atom stereocenters. The molecule has 0 atom stereocenters. The fourth-order valence-corrected chi connectivity index (χ4v) is 3.18. The van der Waals surface area contributed by atoms with Gasteiger partial charge in [0.25, 0.3) is 0 Å². The van der Waals surface area contributed by atoms with Gasteiger partial charge in [0.15, 0.2) is 0 Å². The first-order chi connectivity index (χ1) is 12.8. The van der Waals surface area contributed by atoms with Crippen LogP contribution in [0.25, 0.3) is 21.8 Å². The van der Waals surface area contributed by atoms with Gasteiger partial charge in [0, 0.05) is 10.8 Å². The molecule has 0 radical (unpaired) electrons. The summed E-state index contributed by atoms with van der Waals surface area (Å²) in [5.41, 5.74) is 8.67. The third-order valence-electron chi connectivity index (χ3n) is 4.38. The van der Waals surface area contributed by atoms with Gasteiger partial charge in [0.05, 0.1) is 16.6 Å². The van der Waals surface area contributed by atoms with Crippen molar-refractivity contribution in [3.05, 3.63) is 83.9 Å². The van der Waals surface area contributed by atoms with E-state index in [-0.39, 0.29) is 5.97 Å². The second-order valence-corrected chi connectivity index (χ2v) is 6.06.